The highest BCUT2D eigenvalue weighted by atomic mass is 19.1. The van der Waals surface area contributed by atoms with Gasteiger partial charge in [0.15, 0.2) is 11.6 Å². The van der Waals surface area contributed by atoms with Crippen molar-refractivity contribution in [1.29, 1.82) is 0 Å². The van der Waals surface area contributed by atoms with Crippen LogP contribution in [0, 0.1) is 5.82 Å². The first-order chi connectivity index (χ1) is 9.70. The number of para-hydroxylation sites is 1. The number of benzene rings is 2. The number of hydrogen-bond donors (Lipinski definition) is 1. The normalized spacial score (nSPS) is 12.2. The lowest BCUT2D eigenvalue weighted by Gasteiger charge is -2.15. The summed E-state index contributed by atoms with van der Waals surface area (Å²) in [4.78, 5) is 0. The molecular weight excluding hydrogens is 253 g/mol. The maximum atomic E-state index is 13.9. The van der Waals surface area contributed by atoms with Crippen LogP contribution in [0.25, 0.3) is 0 Å². The molecule has 2 aromatic carbocycles. The van der Waals surface area contributed by atoms with Crippen LogP contribution < -0.4 is 10.5 Å². The van der Waals surface area contributed by atoms with E-state index in [1.165, 1.54) is 6.07 Å². The third-order valence-electron chi connectivity index (χ3n) is 3.28. The molecule has 2 aromatic rings. The molecule has 0 saturated heterocycles. The van der Waals surface area contributed by atoms with Gasteiger partial charge in [0.1, 0.15) is 6.61 Å². The largest absolute Gasteiger partial charge is 0.486 e. The van der Waals surface area contributed by atoms with E-state index in [-0.39, 0.29) is 11.9 Å². The second kappa shape index (κ2) is 7.06. The smallest absolute Gasteiger partial charge is 0.165 e. The summed E-state index contributed by atoms with van der Waals surface area (Å²) >= 11 is 0. The lowest BCUT2D eigenvalue weighted by atomic mass is 10.0. The Morgan fingerprint density at radius 3 is 2.55 bits per heavy atom. The molecule has 0 bridgehead atoms. The van der Waals surface area contributed by atoms with Gasteiger partial charge in [-0.05, 0) is 30.0 Å². The molecule has 0 saturated carbocycles. The van der Waals surface area contributed by atoms with Gasteiger partial charge in [0.05, 0.1) is 0 Å². The molecule has 0 fully saturated rings. The van der Waals surface area contributed by atoms with Crippen LogP contribution in [0.5, 0.6) is 5.75 Å². The van der Waals surface area contributed by atoms with E-state index in [9.17, 15) is 4.39 Å². The minimum absolute atomic E-state index is 0.0240. The van der Waals surface area contributed by atoms with Crippen LogP contribution in [-0.4, -0.2) is 6.04 Å². The summed E-state index contributed by atoms with van der Waals surface area (Å²) in [6.45, 7) is 2.38. The van der Waals surface area contributed by atoms with Crippen LogP contribution in [0.3, 0.4) is 0 Å². The third kappa shape index (κ3) is 3.81. The summed E-state index contributed by atoms with van der Waals surface area (Å²) < 4.78 is 19.6. The zero-order valence-electron chi connectivity index (χ0n) is 11.7. The monoisotopic (exact) mass is 273 g/mol. The van der Waals surface area contributed by atoms with Crippen LogP contribution >= 0.6 is 0 Å². The predicted octanol–water partition coefficient (Wildman–Crippen LogP) is 3.68. The van der Waals surface area contributed by atoms with Gasteiger partial charge in [-0.2, -0.15) is 0 Å². The molecular formula is C17H20FNO. The van der Waals surface area contributed by atoms with Gasteiger partial charge in [0.25, 0.3) is 0 Å². The van der Waals surface area contributed by atoms with Gasteiger partial charge in [0, 0.05) is 6.04 Å². The summed E-state index contributed by atoms with van der Waals surface area (Å²) in [5.41, 5.74) is 7.80. The molecule has 2 rings (SSSR count). The Bertz CT molecular complexity index is 542. The fourth-order valence-electron chi connectivity index (χ4n) is 2.03. The third-order valence-corrected chi connectivity index (χ3v) is 3.28. The molecule has 2 N–H and O–H groups in total. The summed E-state index contributed by atoms with van der Waals surface area (Å²) in [6.07, 6.45) is 1.48. The van der Waals surface area contributed by atoms with E-state index in [2.05, 4.69) is 0 Å². The highest BCUT2D eigenvalue weighted by Gasteiger charge is 2.12. The van der Waals surface area contributed by atoms with Crippen LogP contribution in [0.4, 0.5) is 4.39 Å². The van der Waals surface area contributed by atoms with E-state index in [1.807, 2.05) is 43.3 Å². The van der Waals surface area contributed by atoms with Crippen LogP contribution in [0.15, 0.2) is 48.5 Å². The molecule has 0 aromatic heterocycles. The molecule has 0 aliphatic heterocycles. The van der Waals surface area contributed by atoms with Crippen molar-refractivity contribution in [3.8, 4) is 5.75 Å². The lowest BCUT2D eigenvalue weighted by Crippen LogP contribution is -2.22. The van der Waals surface area contributed by atoms with Crippen molar-refractivity contribution in [2.45, 2.75) is 32.4 Å². The maximum absolute atomic E-state index is 13.9. The van der Waals surface area contributed by atoms with Crippen molar-refractivity contribution in [3.63, 3.8) is 0 Å². The first kappa shape index (κ1) is 14.5. The molecule has 20 heavy (non-hydrogen) atoms. The minimum atomic E-state index is -0.332. The van der Waals surface area contributed by atoms with Crippen molar-refractivity contribution < 1.29 is 9.13 Å². The zero-order chi connectivity index (χ0) is 14.4. The van der Waals surface area contributed by atoms with Gasteiger partial charge in [-0.15, -0.1) is 0 Å². The quantitative estimate of drug-likeness (QED) is 0.871. The van der Waals surface area contributed by atoms with Crippen molar-refractivity contribution in [2.24, 2.45) is 5.73 Å². The van der Waals surface area contributed by atoms with E-state index >= 15 is 0 Å². The Morgan fingerprint density at radius 2 is 1.85 bits per heavy atom. The Labute approximate surface area is 119 Å². The molecule has 2 nitrogen and oxygen atoms in total. The molecule has 3 heteroatoms. The number of nitrogens with two attached hydrogens (primary N) is 1. The number of rotatable bonds is 6. The van der Waals surface area contributed by atoms with E-state index in [4.69, 9.17) is 10.5 Å². The summed E-state index contributed by atoms with van der Waals surface area (Å²) in [7, 11) is 0. The summed E-state index contributed by atoms with van der Waals surface area (Å²) in [5, 5.41) is 0. The fourth-order valence-corrected chi connectivity index (χ4v) is 2.03. The average molecular weight is 273 g/mol. The molecule has 1 unspecified atom stereocenters. The molecule has 0 aliphatic rings. The van der Waals surface area contributed by atoms with Crippen molar-refractivity contribution in [3.05, 3.63) is 65.5 Å². The molecule has 0 amide bonds. The van der Waals surface area contributed by atoms with E-state index < -0.39 is 0 Å². The average Bonchev–Trinajstić information content (AvgIpc) is 2.47. The summed E-state index contributed by atoms with van der Waals surface area (Å²) in [5.74, 6) is -0.0120. The molecule has 0 heterocycles. The van der Waals surface area contributed by atoms with Gasteiger partial charge in [-0.25, -0.2) is 4.39 Å². The zero-order valence-corrected chi connectivity index (χ0v) is 11.7. The lowest BCUT2D eigenvalue weighted by molar-refractivity contribution is 0.286. The van der Waals surface area contributed by atoms with Crippen molar-refractivity contribution >= 4 is 0 Å². The number of halogens is 1. The minimum Gasteiger partial charge on any atom is -0.486 e. The first-order valence-electron chi connectivity index (χ1n) is 6.90. The van der Waals surface area contributed by atoms with E-state index in [0.29, 0.717) is 18.8 Å². The molecule has 106 valence electrons. The molecule has 1 atom stereocenters. The highest BCUT2D eigenvalue weighted by molar-refractivity contribution is 5.36. The van der Waals surface area contributed by atoms with Gasteiger partial charge in [0.2, 0.25) is 0 Å². The van der Waals surface area contributed by atoms with Gasteiger partial charge < -0.3 is 10.5 Å². The second-order valence-electron chi connectivity index (χ2n) is 4.87. The highest BCUT2D eigenvalue weighted by Crippen LogP contribution is 2.25. The topological polar surface area (TPSA) is 35.2 Å². The van der Waals surface area contributed by atoms with Gasteiger partial charge >= 0.3 is 0 Å². The van der Waals surface area contributed by atoms with Crippen molar-refractivity contribution in [2.75, 3.05) is 0 Å². The van der Waals surface area contributed by atoms with Crippen molar-refractivity contribution in [1.82, 2.24) is 0 Å². The molecule has 0 radical (unpaired) electrons. The van der Waals surface area contributed by atoms with Crippen LogP contribution in [0.2, 0.25) is 0 Å². The van der Waals surface area contributed by atoms with Gasteiger partial charge in [-0.3, -0.25) is 0 Å². The molecule has 0 spiro atoms. The summed E-state index contributed by atoms with van der Waals surface area (Å²) in [6, 6.07) is 14.7. The fraction of sp³-hybridized carbons (Fsp3) is 0.294. The maximum Gasteiger partial charge on any atom is 0.165 e. The Kier molecular flexibility index (Phi) is 5.13. The van der Waals surface area contributed by atoms with Crippen LogP contribution in [-0.2, 0) is 13.0 Å². The van der Waals surface area contributed by atoms with Gasteiger partial charge in [-0.1, -0.05) is 49.4 Å². The number of ether oxygens (including phenoxy) is 1. The van der Waals surface area contributed by atoms with E-state index in [1.54, 1.807) is 6.07 Å². The first-order valence-corrected chi connectivity index (χ1v) is 6.90. The predicted molar refractivity (Wildman–Crippen MR) is 79.1 cm³/mol. The Hall–Kier alpha value is -1.87. The van der Waals surface area contributed by atoms with Crippen LogP contribution in [0.1, 0.15) is 24.5 Å². The Balaban J connectivity index is 2.13. The standard InChI is InChI=1S/C17H20FNO/c1-2-15(19)11-14-9-6-10-16(18)17(14)20-12-13-7-4-3-5-8-13/h3-10,15H,2,11-12,19H2,1H3. The SMILES string of the molecule is CCC(N)Cc1cccc(F)c1OCc1ccccc1. The Morgan fingerprint density at radius 1 is 1.10 bits per heavy atom. The number of hydrogen-bond acceptors (Lipinski definition) is 2. The molecule has 0 aliphatic carbocycles. The second-order valence-corrected chi connectivity index (χ2v) is 4.87. The van der Waals surface area contributed by atoms with E-state index in [0.717, 1.165) is 17.5 Å².